The standard InChI is InChI=1S/C26H24N2/c1-17-14-18(2)25(19(3)15-17)28(4)26-22-13-9-8-12-21(22)23(16-27)24(26)20-10-6-5-7-11-20/h5-15,26H,1-4H3. The first-order valence-corrected chi connectivity index (χ1v) is 9.62. The molecule has 3 aromatic carbocycles. The van der Waals surface area contributed by atoms with Crippen LogP contribution in [-0.2, 0) is 0 Å². The minimum atomic E-state index is 0.00774. The lowest BCUT2D eigenvalue weighted by Crippen LogP contribution is -2.25. The SMILES string of the molecule is Cc1cc(C)c(N(C)C2C(c3ccccc3)=C(C#N)c3ccccc32)c(C)c1. The molecule has 4 rings (SSSR count). The minimum absolute atomic E-state index is 0.00774. The highest BCUT2D eigenvalue weighted by atomic mass is 15.1. The Labute approximate surface area is 167 Å². The fourth-order valence-electron chi connectivity index (χ4n) is 4.70. The van der Waals surface area contributed by atoms with Crippen LogP contribution in [0.25, 0.3) is 11.1 Å². The van der Waals surface area contributed by atoms with Crippen LogP contribution in [0.15, 0.2) is 66.7 Å². The summed E-state index contributed by atoms with van der Waals surface area (Å²) in [6, 6.07) is 25.6. The van der Waals surface area contributed by atoms with E-state index in [1.807, 2.05) is 24.3 Å². The zero-order valence-electron chi connectivity index (χ0n) is 16.8. The molecule has 0 aliphatic heterocycles. The molecule has 2 heteroatoms. The lowest BCUT2D eigenvalue weighted by atomic mass is 9.94. The van der Waals surface area contributed by atoms with Crippen LogP contribution < -0.4 is 4.90 Å². The molecule has 3 aromatic rings. The molecule has 0 saturated carbocycles. The number of benzene rings is 3. The second-order valence-corrected chi connectivity index (χ2v) is 7.61. The molecule has 0 heterocycles. The van der Waals surface area contributed by atoms with Gasteiger partial charge in [0.1, 0.15) is 6.07 Å². The van der Waals surface area contributed by atoms with E-state index in [2.05, 4.69) is 81.3 Å². The van der Waals surface area contributed by atoms with Gasteiger partial charge < -0.3 is 4.90 Å². The van der Waals surface area contributed by atoms with Crippen LogP contribution in [0.5, 0.6) is 0 Å². The van der Waals surface area contributed by atoms with Crippen molar-refractivity contribution in [1.29, 1.82) is 5.26 Å². The summed E-state index contributed by atoms with van der Waals surface area (Å²) < 4.78 is 0. The first kappa shape index (κ1) is 18.1. The Kier molecular flexibility index (Phi) is 4.53. The van der Waals surface area contributed by atoms with Crippen molar-refractivity contribution in [1.82, 2.24) is 0 Å². The fraction of sp³-hybridized carbons (Fsp3) is 0.192. The summed E-state index contributed by atoms with van der Waals surface area (Å²) in [4.78, 5) is 2.34. The van der Waals surface area contributed by atoms with E-state index in [4.69, 9.17) is 0 Å². The van der Waals surface area contributed by atoms with Gasteiger partial charge >= 0.3 is 0 Å². The van der Waals surface area contributed by atoms with Gasteiger partial charge in [-0.15, -0.1) is 0 Å². The van der Waals surface area contributed by atoms with Gasteiger partial charge in [0.25, 0.3) is 0 Å². The van der Waals surface area contributed by atoms with Crippen molar-refractivity contribution < 1.29 is 0 Å². The Morgan fingerprint density at radius 2 is 1.46 bits per heavy atom. The van der Waals surface area contributed by atoms with Crippen LogP contribution in [0.3, 0.4) is 0 Å². The Morgan fingerprint density at radius 3 is 2.11 bits per heavy atom. The van der Waals surface area contributed by atoms with Crippen LogP contribution in [0.2, 0.25) is 0 Å². The molecule has 2 nitrogen and oxygen atoms in total. The topological polar surface area (TPSA) is 27.0 Å². The number of hydrogen-bond donors (Lipinski definition) is 0. The predicted octanol–water partition coefficient (Wildman–Crippen LogP) is 6.24. The highest BCUT2D eigenvalue weighted by molar-refractivity contribution is 6.05. The van der Waals surface area contributed by atoms with Crippen molar-refractivity contribution in [2.45, 2.75) is 26.8 Å². The van der Waals surface area contributed by atoms with Gasteiger partial charge in [-0.05, 0) is 48.6 Å². The van der Waals surface area contributed by atoms with E-state index in [-0.39, 0.29) is 6.04 Å². The van der Waals surface area contributed by atoms with Gasteiger partial charge in [-0.3, -0.25) is 0 Å². The molecule has 0 saturated heterocycles. The number of aryl methyl sites for hydroxylation is 3. The van der Waals surface area contributed by atoms with E-state index in [1.165, 1.54) is 27.9 Å². The molecule has 28 heavy (non-hydrogen) atoms. The number of allylic oxidation sites excluding steroid dienone is 1. The summed E-state index contributed by atoms with van der Waals surface area (Å²) in [5.41, 5.74) is 10.2. The summed E-state index contributed by atoms with van der Waals surface area (Å²) in [5, 5.41) is 10.0. The summed E-state index contributed by atoms with van der Waals surface area (Å²) in [7, 11) is 2.15. The van der Waals surface area contributed by atoms with Crippen molar-refractivity contribution >= 4 is 16.8 Å². The van der Waals surface area contributed by atoms with E-state index < -0.39 is 0 Å². The van der Waals surface area contributed by atoms with Crippen LogP contribution >= 0.6 is 0 Å². The van der Waals surface area contributed by atoms with Crippen LogP contribution in [0.4, 0.5) is 5.69 Å². The van der Waals surface area contributed by atoms with Gasteiger partial charge in [-0.25, -0.2) is 0 Å². The molecule has 0 aromatic heterocycles. The quantitative estimate of drug-likeness (QED) is 0.550. The number of rotatable bonds is 3. The third-order valence-corrected chi connectivity index (χ3v) is 5.64. The third-order valence-electron chi connectivity index (χ3n) is 5.64. The average Bonchev–Trinajstić information content (AvgIpc) is 3.02. The summed E-state index contributed by atoms with van der Waals surface area (Å²) in [6.45, 7) is 6.48. The molecular weight excluding hydrogens is 340 g/mol. The van der Waals surface area contributed by atoms with Crippen LogP contribution in [-0.4, -0.2) is 7.05 Å². The maximum atomic E-state index is 10.0. The largest absolute Gasteiger partial charge is 0.363 e. The Morgan fingerprint density at radius 1 is 0.857 bits per heavy atom. The second-order valence-electron chi connectivity index (χ2n) is 7.61. The Balaban J connectivity index is 1.96. The van der Waals surface area contributed by atoms with E-state index >= 15 is 0 Å². The van der Waals surface area contributed by atoms with E-state index in [0.29, 0.717) is 0 Å². The summed E-state index contributed by atoms with van der Waals surface area (Å²) in [6.07, 6.45) is 0. The average molecular weight is 364 g/mol. The van der Waals surface area contributed by atoms with Crippen LogP contribution in [0.1, 0.15) is 39.4 Å². The molecule has 0 radical (unpaired) electrons. The molecular formula is C26H24N2. The van der Waals surface area contributed by atoms with Crippen molar-refractivity contribution in [3.63, 3.8) is 0 Å². The maximum absolute atomic E-state index is 10.0. The van der Waals surface area contributed by atoms with Gasteiger partial charge in [0.05, 0.1) is 11.6 Å². The second kappa shape index (κ2) is 7.02. The number of nitriles is 1. The normalized spacial score (nSPS) is 15.3. The third kappa shape index (κ3) is 2.80. The maximum Gasteiger partial charge on any atom is 0.100 e. The molecule has 1 atom stereocenters. The first-order valence-electron chi connectivity index (χ1n) is 9.62. The zero-order chi connectivity index (χ0) is 19.8. The van der Waals surface area contributed by atoms with Gasteiger partial charge in [0.2, 0.25) is 0 Å². The molecule has 0 fully saturated rings. The lowest BCUT2D eigenvalue weighted by molar-refractivity contribution is 0.830. The molecule has 1 aliphatic carbocycles. The summed E-state index contributed by atoms with van der Waals surface area (Å²) >= 11 is 0. The van der Waals surface area contributed by atoms with Crippen molar-refractivity contribution in [3.05, 3.63) is 100 Å². The molecule has 138 valence electrons. The number of fused-ring (bicyclic) bond motifs is 1. The van der Waals surface area contributed by atoms with Gasteiger partial charge in [0, 0.05) is 18.3 Å². The molecule has 1 aliphatic rings. The molecule has 0 N–H and O–H groups in total. The van der Waals surface area contributed by atoms with Crippen molar-refractivity contribution in [2.24, 2.45) is 0 Å². The smallest absolute Gasteiger partial charge is 0.100 e. The lowest BCUT2D eigenvalue weighted by Gasteiger charge is -2.33. The highest BCUT2D eigenvalue weighted by Gasteiger charge is 2.35. The molecule has 0 amide bonds. The Hall–Kier alpha value is -3.31. The Bertz CT molecular complexity index is 1090. The number of anilines is 1. The molecule has 0 bridgehead atoms. The van der Waals surface area contributed by atoms with E-state index in [9.17, 15) is 5.26 Å². The van der Waals surface area contributed by atoms with Crippen molar-refractivity contribution in [2.75, 3.05) is 11.9 Å². The summed E-state index contributed by atoms with van der Waals surface area (Å²) in [5.74, 6) is 0. The monoisotopic (exact) mass is 364 g/mol. The molecule has 1 unspecified atom stereocenters. The highest BCUT2D eigenvalue weighted by Crippen LogP contribution is 2.49. The van der Waals surface area contributed by atoms with Crippen molar-refractivity contribution in [3.8, 4) is 6.07 Å². The molecule has 0 spiro atoms. The van der Waals surface area contributed by atoms with Gasteiger partial charge in [-0.2, -0.15) is 5.26 Å². The predicted molar refractivity (Wildman–Crippen MR) is 117 cm³/mol. The van der Waals surface area contributed by atoms with Gasteiger partial charge in [0.15, 0.2) is 0 Å². The number of nitrogens with zero attached hydrogens (tertiary/aromatic N) is 2. The number of likely N-dealkylation sites (N-methyl/N-ethyl adjacent to an activating group) is 1. The number of hydrogen-bond acceptors (Lipinski definition) is 2. The van der Waals surface area contributed by atoms with E-state index in [1.54, 1.807) is 0 Å². The van der Waals surface area contributed by atoms with Crippen LogP contribution in [0, 0.1) is 32.1 Å². The fourth-order valence-corrected chi connectivity index (χ4v) is 4.70. The first-order chi connectivity index (χ1) is 13.5. The van der Waals surface area contributed by atoms with Gasteiger partial charge in [-0.1, -0.05) is 72.3 Å². The zero-order valence-corrected chi connectivity index (χ0v) is 16.8. The van der Waals surface area contributed by atoms with E-state index in [0.717, 1.165) is 22.3 Å². The minimum Gasteiger partial charge on any atom is -0.363 e.